The smallest absolute Gasteiger partial charge is 0.243 e. The maximum Gasteiger partial charge on any atom is 0.243 e. The fraction of sp³-hybridized carbons (Fsp3) is 0.0909. The van der Waals surface area contributed by atoms with Crippen LogP contribution in [0.2, 0.25) is 5.02 Å². The SMILES string of the molecule is CC(=Cc1c[nH]c2cc(Cl)ccc12)[N+](=O)[O-]. The summed E-state index contributed by atoms with van der Waals surface area (Å²) in [5.74, 6) is 0. The predicted molar refractivity (Wildman–Crippen MR) is 64.0 cm³/mol. The van der Waals surface area contributed by atoms with Crippen LogP contribution in [0.4, 0.5) is 0 Å². The first-order valence-corrected chi connectivity index (χ1v) is 5.05. The minimum absolute atomic E-state index is 0.107. The number of rotatable bonds is 2. The van der Waals surface area contributed by atoms with Crippen molar-refractivity contribution in [3.8, 4) is 0 Å². The highest BCUT2D eigenvalue weighted by Gasteiger charge is 2.06. The molecule has 2 rings (SSSR count). The summed E-state index contributed by atoms with van der Waals surface area (Å²) in [4.78, 5) is 13.1. The molecule has 0 spiro atoms. The maximum atomic E-state index is 10.5. The molecule has 0 amide bonds. The number of nitrogens with zero attached hydrogens (tertiary/aromatic N) is 1. The normalized spacial score (nSPS) is 12.0. The number of nitrogens with one attached hydrogen (secondary N) is 1. The standard InChI is InChI=1S/C11H9ClN2O2/c1-7(14(15)16)4-8-6-13-11-5-9(12)2-3-10(8)11/h2-6,13H,1H3. The third kappa shape index (κ3) is 1.92. The number of nitro groups is 1. The van der Waals surface area contributed by atoms with Gasteiger partial charge >= 0.3 is 0 Å². The van der Waals surface area contributed by atoms with Crippen molar-refractivity contribution in [1.29, 1.82) is 0 Å². The lowest BCUT2D eigenvalue weighted by Crippen LogP contribution is -1.92. The summed E-state index contributed by atoms with van der Waals surface area (Å²) < 4.78 is 0. The molecule has 4 nitrogen and oxygen atoms in total. The maximum absolute atomic E-state index is 10.5. The molecule has 5 heteroatoms. The van der Waals surface area contributed by atoms with Gasteiger partial charge in [-0.15, -0.1) is 0 Å². The van der Waals surface area contributed by atoms with Crippen molar-refractivity contribution in [2.45, 2.75) is 6.92 Å². The number of hydrogen-bond donors (Lipinski definition) is 1. The van der Waals surface area contributed by atoms with Crippen LogP contribution in [0.1, 0.15) is 12.5 Å². The molecule has 0 saturated heterocycles. The van der Waals surface area contributed by atoms with Gasteiger partial charge in [0.2, 0.25) is 5.70 Å². The summed E-state index contributed by atoms with van der Waals surface area (Å²) >= 11 is 5.84. The molecule has 1 heterocycles. The molecule has 0 aliphatic carbocycles. The van der Waals surface area contributed by atoms with Gasteiger partial charge in [0.1, 0.15) is 0 Å². The average molecular weight is 237 g/mol. The minimum atomic E-state index is -0.408. The van der Waals surface area contributed by atoms with Crippen LogP contribution in [0.25, 0.3) is 17.0 Å². The quantitative estimate of drug-likeness (QED) is 0.641. The predicted octanol–water partition coefficient (Wildman–Crippen LogP) is 3.46. The van der Waals surface area contributed by atoms with E-state index in [9.17, 15) is 10.1 Å². The molecular formula is C11H9ClN2O2. The second-order valence-corrected chi connectivity index (χ2v) is 3.91. The summed E-state index contributed by atoms with van der Waals surface area (Å²) in [7, 11) is 0. The third-order valence-electron chi connectivity index (χ3n) is 2.33. The van der Waals surface area contributed by atoms with Crippen molar-refractivity contribution >= 4 is 28.6 Å². The molecular weight excluding hydrogens is 228 g/mol. The topological polar surface area (TPSA) is 58.9 Å². The number of aromatic nitrogens is 1. The Labute approximate surface area is 96.7 Å². The molecule has 0 aliphatic rings. The minimum Gasteiger partial charge on any atom is -0.361 e. The molecule has 82 valence electrons. The molecule has 2 aromatic rings. The summed E-state index contributed by atoms with van der Waals surface area (Å²) in [5.41, 5.74) is 1.77. The molecule has 1 aromatic heterocycles. The Morgan fingerprint density at radius 1 is 1.56 bits per heavy atom. The summed E-state index contributed by atoms with van der Waals surface area (Å²) in [6.45, 7) is 1.47. The fourth-order valence-electron chi connectivity index (χ4n) is 1.52. The number of hydrogen-bond acceptors (Lipinski definition) is 2. The van der Waals surface area contributed by atoms with Gasteiger partial charge in [0.05, 0.1) is 4.92 Å². The summed E-state index contributed by atoms with van der Waals surface area (Å²) in [5, 5.41) is 12.1. The van der Waals surface area contributed by atoms with Crippen LogP contribution in [-0.2, 0) is 0 Å². The Balaban J connectivity index is 2.55. The molecule has 0 unspecified atom stereocenters. The second-order valence-electron chi connectivity index (χ2n) is 3.48. The van der Waals surface area contributed by atoms with Crippen LogP contribution in [0.5, 0.6) is 0 Å². The van der Waals surface area contributed by atoms with E-state index in [1.54, 1.807) is 18.3 Å². The number of halogens is 1. The van der Waals surface area contributed by atoms with E-state index in [2.05, 4.69) is 4.98 Å². The van der Waals surface area contributed by atoms with Crippen molar-refractivity contribution in [2.24, 2.45) is 0 Å². The zero-order chi connectivity index (χ0) is 11.7. The van der Waals surface area contributed by atoms with Gasteiger partial charge in [-0.05, 0) is 12.1 Å². The van der Waals surface area contributed by atoms with Crippen LogP contribution in [0.3, 0.4) is 0 Å². The fourth-order valence-corrected chi connectivity index (χ4v) is 1.69. The van der Waals surface area contributed by atoms with E-state index in [0.717, 1.165) is 16.5 Å². The van der Waals surface area contributed by atoms with E-state index in [0.29, 0.717) is 5.02 Å². The van der Waals surface area contributed by atoms with Crippen LogP contribution >= 0.6 is 11.6 Å². The van der Waals surface area contributed by atoms with E-state index >= 15 is 0 Å². The van der Waals surface area contributed by atoms with E-state index in [4.69, 9.17) is 11.6 Å². The second kappa shape index (κ2) is 3.98. The first-order chi connectivity index (χ1) is 7.58. The molecule has 1 N–H and O–H groups in total. The average Bonchev–Trinajstić information content (AvgIpc) is 2.60. The van der Waals surface area contributed by atoms with Crippen molar-refractivity contribution in [2.75, 3.05) is 0 Å². The van der Waals surface area contributed by atoms with E-state index in [1.807, 2.05) is 6.07 Å². The highest BCUT2D eigenvalue weighted by Crippen LogP contribution is 2.23. The number of H-pyrrole nitrogens is 1. The Bertz CT molecular complexity index is 587. The highest BCUT2D eigenvalue weighted by molar-refractivity contribution is 6.31. The molecule has 0 atom stereocenters. The molecule has 0 aliphatic heterocycles. The van der Waals surface area contributed by atoms with Crippen molar-refractivity contribution in [1.82, 2.24) is 4.98 Å². The van der Waals surface area contributed by atoms with Crippen LogP contribution in [-0.4, -0.2) is 9.91 Å². The molecule has 0 saturated carbocycles. The zero-order valence-corrected chi connectivity index (χ0v) is 9.28. The Morgan fingerprint density at radius 2 is 2.31 bits per heavy atom. The van der Waals surface area contributed by atoms with E-state index in [-0.39, 0.29) is 5.70 Å². The highest BCUT2D eigenvalue weighted by atomic mass is 35.5. The molecule has 1 aromatic carbocycles. The molecule has 0 bridgehead atoms. The Kier molecular flexibility index (Phi) is 2.66. The lowest BCUT2D eigenvalue weighted by molar-refractivity contribution is -0.422. The van der Waals surface area contributed by atoms with Crippen molar-refractivity contribution < 1.29 is 4.92 Å². The first kappa shape index (κ1) is 10.7. The van der Waals surface area contributed by atoms with Gasteiger partial charge < -0.3 is 4.98 Å². The first-order valence-electron chi connectivity index (χ1n) is 4.67. The molecule has 0 fully saturated rings. The number of aromatic amines is 1. The van der Waals surface area contributed by atoms with Crippen molar-refractivity contribution in [3.63, 3.8) is 0 Å². The van der Waals surface area contributed by atoms with Crippen LogP contribution in [0.15, 0.2) is 30.1 Å². The number of fused-ring (bicyclic) bond motifs is 1. The number of allylic oxidation sites excluding steroid dienone is 1. The summed E-state index contributed by atoms with van der Waals surface area (Å²) in [6, 6.07) is 5.39. The largest absolute Gasteiger partial charge is 0.361 e. The summed E-state index contributed by atoms with van der Waals surface area (Å²) in [6.07, 6.45) is 3.26. The van der Waals surface area contributed by atoms with Gasteiger partial charge in [-0.3, -0.25) is 10.1 Å². The van der Waals surface area contributed by atoms with Crippen LogP contribution < -0.4 is 0 Å². The van der Waals surface area contributed by atoms with Crippen LogP contribution in [0, 0.1) is 10.1 Å². The van der Waals surface area contributed by atoms with Gasteiger partial charge in [-0.2, -0.15) is 0 Å². The molecule has 16 heavy (non-hydrogen) atoms. The van der Waals surface area contributed by atoms with Gasteiger partial charge in [0.25, 0.3) is 0 Å². The Morgan fingerprint density at radius 3 is 3.00 bits per heavy atom. The van der Waals surface area contributed by atoms with Gasteiger partial charge in [-0.25, -0.2) is 0 Å². The van der Waals surface area contributed by atoms with Gasteiger partial charge in [0, 0.05) is 40.7 Å². The van der Waals surface area contributed by atoms with Gasteiger partial charge in [0.15, 0.2) is 0 Å². The zero-order valence-electron chi connectivity index (χ0n) is 8.53. The lowest BCUT2D eigenvalue weighted by atomic mass is 10.1. The molecule has 0 radical (unpaired) electrons. The van der Waals surface area contributed by atoms with E-state index < -0.39 is 4.92 Å². The lowest BCUT2D eigenvalue weighted by Gasteiger charge is -1.93. The third-order valence-corrected chi connectivity index (χ3v) is 2.56. The Hall–Kier alpha value is -1.81. The van der Waals surface area contributed by atoms with Gasteiger partial charge in [-0.1, -0.05) is 17.7 Å². The monoisotopic (exact) mass is 236 g/mol. The number of benzene rings is 1. The van der Waals surface area contributed by atoms with Crippen molar-refractivity contribution in [3.05, 3.63) is 50.8 Å². The van der Waals surface area contributed by atoms with E-state index in [1.165, 1.54) is 13.0 Å².